The maximum atomic E-state index is 14.0. The number of nitrogens with one attached hydrogen (secondary N) is 1. The molecule has 0 saturated carbocycles. The molecule has 5 aromatic rings. The highest BCUT2D eigenvalue weighted by Gasteiger charge is 2.32. The Labute approximate surface area is 248 Å². The highest BCUT2D eigenvalue weighted by atomic mass is 35.5. The molecule has 0 bridgehead atoms. The normalized spacial score (nSPS) is 14.5. The van der Waals surface area contributed by atoms with Gasteiger partial charge in [-0.2, -0.15) is 0 Å². The fourth-order valence-corrected chi connectivity index (χ4v) is 7.31. The number of aromatic nitrogens is 4. The van der Waals surface area contributed by atoms with Crippen molar-refractivity contribution in [3.8, 4) is 0 Å². The molecule has 1 N–H and O–H groups in total. The maximum Gasteiger partial charge on any atom is 0.263 e. The van der Waals surface area contributed by atoms with Crippen LogP contribution in [0.25, 0.3) is 16.0 Å². The first-order valence-electron chi connectivity index (χ1n) is 12.7. The number of rotatable bonds is 7. The minimum atomic E-state index is -0.372. The van der Waals surface area contributed by atoms with Gasteiger partial charge < -0.3 is 10.1 Å². The summed E-state index contributed by atoms with van der Waals surface area (Å²) in [6.07, 6.45) is 1.30. The van der Waals surface area contributed by atoms with Crippen LogP contribution in [0, 0.1) is 0 Å². The van der Waals surface area contributed by atoms with Crippen LogP contribution < -0.4 is 10.9 Å². The number of fused-ring (bicyclic) bond motifs is 5. The van der Waals surface area contributed by atoms with Crippen LogP contribution in [-0.2, 0) is 35.5 Å². The first kappa shape index (κ1) is 27.3. The summed E-state index contributed by atoms with van der Waals surface area (Å²) in [5.74, 6) is 0.280. The molecular formula is C28H25Cl2N5O3S2. The molecule has 2 aromatic carbocycles. The van der Waals surface area contributed by atoms with Crippen LogP contribution in [-0.4, -0.2) is 36.4 Å². The molecule has 12 heteroatoms. The number of carbonyl (C=O) groups excluding carboxylic acids is 1. The van der Waals surface area contributed by atoms with Crippen molar-refractivity contribution in [3.63, 3.8) is 0 Å². The molecule has 0 radical (unpaired) electrons. The van der Waals surface area contributed by atoms with Gasteiger partial charge in [0.1, 0.15) is 4.83 Å². The first-order valence-corrected chi connectivity index (χ1v) is 15.2. The van der Waals surface area contributed by atoms with Crippen LogP contribution >= 0.6 is 46.3 Å². The molecule has 6 rings (SSSR count). The van der Waals surface area contributed by atoms with Crippen molar-refractivity contribution in [1.29, 1.82) is 0 Å². The summed E-state index contributed by atoms with van der Waals surface area (Å²) in [7, 11) is 0. The minimum absolute atomic E-state index is 0.0750. The quantitative estimate of drug-likeness (QED) is 0.219. The molecule has 0 unspecified atom stereocenters. The molecule has 0 fully saturated rings. The van der Waals surface area contributed by atoms with Gasteiger partial charge in [0.15, 0.2) is 5.16 Å². The molecular weight excluding hydrogens is 589 g/mol. The summed E-state index contributed by atoms with van der Waals surface area (Å²) in [5.41, 5.74) is 2.18. The Hall–Kier alpha value is -2.89. The summed E-state index contributed by atoms with van der Waals surface area (Å²) in [4.78, 5) is 28.6. The van der Waals surface area contributed by atoms with E-state index in [1.54, 1.807) is 22.8 Å². The van der Waals surface area contributed by atoms with Gasteiger partial charge in [-0.3, -0.25) is 14.2 Å². The topological polar surface area (TPSA) is 90.5 Å². The molecule has 4 heterocycles. The molecule has 0 aliphatic carbocycles. The van der Waals surface area contributed by atoms with Gasteiger partial charge in [-0.05, 0) is 49.6 Å². The van der Waals surface area contributed by atoms with E-state index in [0.717, 1.165) is 20.8 Å². The molecule has 0 atom stereocenters. The van der Waals surface area contributed by atoms with Crippen molar-refractivity contribution in [3.05, 3.63) is 84.9 Å². The van der Waals surface area contributed by atoms with E-state index in [0.29, 0.717) is 58.0 Å². The number of ether oxygens (including phenoxy) is 1. The second-order valence-electron chi connectivity index (χ2n) is 10.2. The second-order valence-corrected chi connectivity index (χ2v) is 13.1. The van der Waals surface area contributed by atoms with Gasteiger partial charge in [0, 0.05) is 22.9 Å². The summed E-state index contributed by atoms with van der Waals surface area (Å²) >= 11 is 15.0. The van der Waals surface area contributed by atoms with Gasteiger partial charge in [-0.1, -0.05) is 65.3 Å². The monoisotopic (exact) mass is 613 g/mol. The van der Waals surface area contributed by atoms with Crippen LogP contribution in [0.15, 0.2) is 58.5 Å². The molecule has 1 aliphatic heterocycles. The summed E-state index contributed by atoms with van der Waals surface area (Å²) in [6, 6.07) is 14.9. The fraction of sp³-hybridized carbons (Fsp3) is 0.286. The smallest absolute Gasteiger partial charge is 0.263 e. The number of nitrogens with zero attached hydrogens (tertiary/aromatic N) is 4. The molecule has 0 spiro atoms. The predicted molar refractivity (Wildman–Crippen MR) is 161 cm³/mol. The Morgan fingerprint density at radius 1 is 1.18 bits per heavy atom. The molecule has 8 nitrogen and oxygen atoms in total. The van der Waals surface area contributed by atoms with Crippen LogP contribution in [0.2, 0.25) is 10.0 Å². The number of anilines is 1. The van der Waals surface area contributed by atoms with E-state index >= 15 is 0 Å². The number of thioether (sulfide) groups is 1. The van der Waals surface area contributed by atoms with Gasteiger partial charge >= 0.3 is 0 Å². The number of halogens is 2. The van der Waals surface area contributed by atoms with Crippen molar-refractivity contribution in [2.24, 2.45) is 0 Å². The number of aryl methyl sites for hydroxylation is 2. The van der Waals surface area contributed by atoms with Gasteiger partial charge in [-0.25, -0.2) is 4.40 Å². The van der Waals surface area contributed by atoms with E-state index in [1.807, 2.05) is 48.6 Å². The summed E-state index contributed by atoms with van der Waals surface area (Å²) in [6.45, 7) is 4.97. The van der Waals surface area contributed by atoms with Crippen LogP contribution in [0.4, 0.5) is 5.69 Å². The molecule has 40 heavy (non-hydrogen) atoms. The Morgan fingerprint density at radius 3 is 2.75 bits per heavy atom. The first-order chi connectivity index (χ1) is 19.2. The Balaban J connectivity index is 1.39. The average Bonchev–Trinajstić information content (AvgIpc) is 3.50. The molecule has 206 valence electrons. The zero-order chi connectivity index (χ0) is 28.0. The van der Waals surface area contributed by atoms with Crippen LogP contribution in [0.1, 0.15) is 29.9 Å². The van der Waals surface area contributed by atoms with Crippen molar-refractivity contribution in [2.45, 2.75) is 50.6 Å². The van der Waals surface area contributed by atoms with Gasteiger partial charge in [0.05, 0.1) is 34.1 Å². The number of thiophene rings is 1. The van der Waals surface area contributed by atoms with E-state index in [9.17, 15) is 9.59 Å². The zero-order valence-corrected chi connectivity index (χ0v) is 24.9. The lowest BCUT2D eigenvalue weighted by molar-refractivity contribution is -0.113. The highest BCUT2D eigenvalue weighted by molar-refractivity contribution is 7.99. The fourth-order valence-electron chi connectivity index (χ4n) is 4.85. The standard InChI is InChI=1S/C28H25Cl2N5O3S2/c1-28(2)13-18-21(14-38-28)40-25-23(18)24(37)34(11-10-16-6-4-3-5-7-16)26-32-33-27(35(25)26)39-15-22(36)31-20-9-8-17(29)12-19(20)30/h3-9,12H,10-11,13-15H2,1-2H3,(H,31,36). The third kappa shape index (κ3) is 5.26. The number of amides is 1. The largest absolute Gasteiger partial charge is 0.370 e. The number of carbonyl (C=O) groups is 1. The third-order valence-corrected chi connectivity index (χ3v) is 9.46. The summed E-state index contributed by atoms with van der Waals surface area (Å²) in [5, 5.41) is 13.7. The van der Waals surface area contributed by atoms with Gasteiger partial charge in [-0.15, -0.1) is 21.5 Å². The Kier molecular flexibility index (Phi) is 7.39. The molecule has 0 saturated heterocycles. The van der Waals surface area contributed by atoms with Crippen LogP contribution in [0.3, 0.4) is 0 Å². The lowest BCUT2D eigenvalue weighted by Gasteiger charge is -2.29. The van der Waals surface area contributed by atoms with E-state index in [1.165, 1.54) is 23.1 Å². The Bertz CT molecular complexity index is 1810. The van der Waals surface area contributed by atoms with E-state index < -0.39 is 0 Å². The predicted octanol–water partition coefficient (Wildman–Crippen LogP) is 6.24. The lowest BCUT2D eigenvalue weighted by atomic mass is 9.94. The number of hydrogen-bond donors (Lipinski definition) is 1. The zero-order valence-electron chi connectivity index (χ0n) is 21.7. The van der Waals surface area contributed by atoms with Crippen molar-refractivity contribution >= 4 is 73.9 Å². The van der Waals surface area contributed by atoms with Crippen molar-refractivity contribution in [2.75, 3.05) is 11.1 Å². The molecule has 3 aromatic heterocycles. The van der Waals surface area contributed by atoms with E-state index in [2.05, 4.69) is 15.5 Å². The second kappa shape index (κ2) is 10.8. The minimum Gasteiger partial charge on any atom is -0.370 e. The molecule has 1 aliphatic rings. The van der Waals surface area contributed by atoms with Gasteiger partial charge in [0.25, 0.3) is 5.56 Å². The Morgan fingerprint density at radius 2 is 1.98 bits per heavy atom. The van der Waals surface area contributed by atoms with Crippen molar-refractivity contribution < 1.29 is 9.53 Å². The van der Waals surface area contributed by atoms with E-state index in [4.69, 9.17) is 27.9 Å². The van der Waals surface area contributed by atoms with E-state index in [-0.39, 0.29) is 22.8 Å². The SMILES string of the molecule is CC1(C)Cc2c(sc3c2c(=O)n(CCc2ccccc2)c2nnc(SCC(=O)Nc4ccc(Cl)cc4Cl)n32)CO1. The van der Waals surface area contributed by atoms with Crippen molar-refractivity contribution in [1.82, 2.24) is 19.2 Å². The van der Waals surface area contributed by atoms with Gasteiger partial charge in [0.2, 0.25) is 11.7 Å². The maximum absolute atomic E-state index is 14.0. The number of hydrogen-bond acceptors (Lipinski definition) is 7. The van der Waals surface area contributed by atoms with Crippen LogP contribution in [0.5, 0.6) is 0 Å². The summed E-state index contributed by atoms with van der Waals surface area (Å²) < 4.78 is 9.67. The lowest BCUT2D eigenvalue weighted by Crippen LogP contribution is -2.32. The third-order valence-electron chi connectivity index (χ3n) is 6.79. The average molecular weight is 615 g/mol. The highest BCUT2D eigenvalue weighted by Crippen LogP contribution is 2.38. The number of benzene rings is 2. The molecule has 1 amide bonds.